The van der Waals surface area contributed by atoms with Gasteiger partial charge in [-0.3, -0.25) is 19.2 Å². The van der Waals surface area contributed by atoms with Gasteiger partial charge in [0.15, 0.2) is 11.5 Å². The largest absolute Gasteiger partial charge is 0.493 e. The number of aliphatic hydroxyl groups excluding tert-OH is 2. The van der Waals surface area contributed by atoms with Gasteiger partial charge in [0.2, 0.25) is 11.7 Å². The van der Waals surface area contributed by atoms with Crippen molar-refractivity contribution in [1.29, 1.82) is 0 Å². The van der Waals surface area contributed by atoms with Gasteiger partial charge in [0.25, 0.3) is 5.91 Å². The molecule has 0 saturated heterocycles. The number of amides is 2. The van der Waals surface area contributed by atoms with Crippen LogP contribution in [-0.4, -0.2) is 84.1 Å². The highest BCUT2D eigenvalue weighted by atomic mass is 16.5. The summed E-state index contributed by atoms with van der Waals surface area (Å²) >= 11 is 0. The maximum absolute atomic E-state index is 13.2. The number of nitrogens with one attached hydrogen (secondary N) is 1. The normalized spacial score (nSPS) is 22.1. The van der Waals surface area contributed by atoms with Crippen molar-refractivity contribution in [3.8, 4) is 11.5 Å². The Labute approximate surface area is 210 Å². The summed E-state index contributed by atoms with van der Waals surface area (Å²) in [5, 5.41) is 23.3. The topological polar surface area (TPSA) is 142 Å². The van der Waals surface area contributed by atoms with E-state index < -0.39 is 41.8 Å². The monoisotopic (exact) mass is 502 g/mol. The van der Waals surface area contributed by atoms with Crippen LogP contribution in [0.4, 0.5) is 0 Å². The molecule has 3 rings (SSSR count). The second-order valence-corrected chi connectivity index (χ2v) is 9.36. The summed E-state index contributed by atoms with van der Waals surface area (Å²) in [6.45, 7) is 5.47. The van der Waals surface area contributed by atoms with Crippen molar-refractivity contribution in [3.05, 3.63) is 34.9 Å². The number of nitrogens with zero attached hydrogens (tertiary/aromatic N) is 1. The van der Waals surface area contributed by atoms with E-state index in [2.05, 4.69) is 5.32 Å². The minimum absolute atomic E-state index is 0.00346. The van der Waals surface area contributed by atoms with Crippen molar-refractivity contribution in [1.82, 2.24) is 10.2 Å². The Balaban J connectivity index is 2.14. The van der Waals surface area contributed by atoms with Crippen LogP contribution in [0.2, 0.25) is 0 Å². The summed E-state index contributed by atoms with van der Waals surface area (Å²) < 4.78 is 11.5. The van der Waals surface area contributed by atoms with Crippen LogP contribution in [0.5, 0.6) is 11.5 Å². The molecule has 10 heteroatoms. The number of ether oxygens (including phenoxy) is 2. The molecule has 3 N–H and O–H groups in total. The molecular formula is C26H34N2O8. The van der Waals surface area contributed by atoms with Crippen LogP contribution < -0.4 is 14.8 Å². The lowest BCUT2D eigenvalue weighted by Crippen LogP contribution is -2.57. The summed E-state index contributed by atoms with van der Waals surface area (Å²) in [5.74, 6) is -1.81. The van der Waals surface area contributed by atoms with Gasteiger partial charge in [-0.25, -0.2) is 0 Å². The Kier molecular flexibility index (Phi) is 8.86. The molecule has 2 amide bonds. The third-order valence-electron chi connectivity index (χ3n) is 6.54. The first-order chi connectivity index (χ1) is 17.2. The molecule has 0 spiro atoms. The van der Waals surface area contributed by atoms with Gasteiger partial charge in [0.1, 0.15) is 18.5 Å². The molecule has 1 heterocycles. The van der Waals surface area contributed by atoms with Gasteiger partial charge in [-0.2, -0.15) is 0 Å². The maximum Gasteiger partial charge on any atom is 0.290 e. The van der Waals surface area contributed by atoms with Crippen LogP contribution in [0.1, 0.15) is 55.5 Å². The summed E-state index contributed by atoms with van der Waals surface area (Å²) in [7, 11) is 1.42. The minimum Gasteiger partial charge on any atom is -0.493 e. The Morgan fingerprint density at radius 2 is 2.00 bits per heavy atom. The second-order valence-electron chi connectivity index (χ2n) is 9.36. The Hall–Kier alpha value is -3.24. The number of ketones is 1. The fourth-order valence-electron chi connectivity index (χ4n) is 4.65. The highest BCUT2D eigenvalue weighted by Gasteiger charge is 2.51. The number of fused-ring (bicyclic) bond motifs is 3. The first-order valence-corrected chi connectivity index (χ1v) is 12.1. The van der Waals surface area contributed by atoms with Gasteiger partial charge >= 0.3 is 0 Å². The molecule has 196 valence electrons. The first-order valence-electron chi connectivity index (χ1n) is 12.1. The van der Waals surface area contributed by atoms with E-state index in [9.17, 15) is 29.4 Å². The van der Waals surface area contributed by atoms with E-state index in [1.165, 1.54) is 24.2 Å². The molecule has 0 fully saturated rings. The fourth-order valence-corrected chi connectivity index (χ4v) is 4.65. The lowest BCUT2D eigenvalue weighted by atomic mass is 9.77. The van der Waals surface area contributed by atoms with E-state index >= 15 is 0 Å². The van der Waals surface area contributed by atoms with E-state index in [4.69, 9.17) is 9.47 Å². The number of carbonyl (C=O) groups is 4. The highest BCUT2D eigenvalue weighted by Crippen LogP contribution is 2.51. The number of carbonyl (C=O) groups excluding carboxylic acids is 4. The number of methoxy groups -OCH3 is 1. The molecule has 36 heavy (non-hydrogen) atoms. The average Bonchev–Trinajstić information content (AvgIpc) is 3.26. The smallest absolute Gasteiger partial charge is 0.290 e. The molecular weight excluding hydrogens is 468 g/mol. The number of aldehydes is 1. The van der Waals surface area contributed by atoms with Crippen LogP contribution in [-0.2, 0) is 14.4 Å². The van der Waals surface area contributed by atoms with E-state index in [0.717, 1.165) is 0 Å². The number of hydrogen-bond acceptors (Lipinski definition) is 8. The molecule has 10 nitrogen and oxygen atoms in total. The van der Waals surface area contributed by atoms with E-state index in [1.54, 1.807) is 13.0 Å². The van der Waals surface area contributed by atoms with Gasteiger partial charge in [-0.15, -0.1) is 0 Å². The predicted octanol–water partition coefficient (Wildman–Crippen LogP) is 0.984. The van der Waals surface area contributed by atoms with Crippen LogP contribution in [0, 0.1) is 5.92 Å². The predicted molar refractivity (Wildman–Crippen MR) is 130 cm³/mol. The summed E-state index contributed by atoms with van der Waals surface area (Å²) in [6.07, 6.45) is 0.479. The molecule has 0 radical (unpaired) electrons. The van der Waals surface area contributed by atoms with E-state index in [-0.39, 0.29) is 43.4 Å². The summed E-state index contributed by atoms with van der Waals surface area (Å²) in [4.78, 5) is 51.5. The third-order valence-corrected chi connectivity index (χ3v) is 6.54. The van der Waals surface area contributed by atoms with E-state index in [1.807, 2.05) is 13.8 Å². The zero-order valence-electron chi connectivity index (χ0n) is 21.0. The molecule has 2 aliphatic rings. The molecule has 0 saturated carbocycles. The van der Waals surface area contributed by atoms with Crippen LogP contribution in [0.15, 0.2) is 23.8 Å². The fraction of sp³-hybridized carbons (Fsp3) is 0.538. The number of rotatable bonds is 11. The van der Waals surface area contributed by atoms with Crippen molar-refractivity contribution >= 4 is 23.9 Å². The van der Waals surface area contributed by atoms with E-state index in [0.29, 0.717) is 29.6 Å². The number of aliphatic hydroxyl groups is 2. The molecule has 4 atom stereocenters. The van der Waals surface area contributed by atoms with Gasteiger partial charge in [0.05, 0.1) is 25.7 Å². The molecule has 1 aliphatic heterocycles. The van der Waals surface area contributed by atoms with Crippen molar-refractivity contribution < 1.29 is 38.9 Å². The standard InChI is InChI=1S/C26H34N2O8/c1-5-19(31)26(34)28(8-6-14(2)3)18-12-17(25(33)27-7-9-29)21-16-10-15(13-30)11-20(35-4)23(16)36-24(21)22(18)32/h10-14,18,21-22,24,29,32H,5-9H2,1-4H3,(H,27,33). The molecule has 0 bridgehead atoms. The second kappa shape index (κ2) is 11.7. The number of benzene rings is 1. The van der Waals surface area contributed by atoms with Crippen molar-refractivity contribution in [2.75, 3.05) is 26.8 Å². The van der Waals surface area contributed by atoms with Gasteiger partial charge in [-0.05, 0) is 30.5 Å². The average molecular weight is 503 g/mol. The van der Waals surface area contributed by atoms with Crippen LogP contribution >= 0.6 is 0 Å². The Bertz CT molecular complexity index is 1050. The first kappa shape index (κ1) is 27.3. The van der Waals surface area contributed by atoms with Gasteiger partial charge in [0, 0.05) is 36.2 Å². The molecule has 1 aromatic carbocycles. The zero-order chi connectivity index (χ0) is 26.6. The minimum atomic E-state index is -1.28. The van der Waals surface area contributed by atoms with Crippen molar-refractivity contribution in [2.45, 2.75) is 57.8 Å². The molecule has 4 unspecified atom stereocenters. The summed E-state index contributed by atoms with van der Waals surface area (Å²) in [6, 6.07) is 2.08. The summed E-state index contributed by atoms with van der Waals surface area (Å²) in [5.41, 5.74) is 1.01. The highest BCUT2D eigenvalue weighted by molar-refractivity contribution is 6.36. The van der Waals surface area contributed by atoms with Crippen LogP contribution in [0.25, 0.3) is 0 Å². The van der Waals surface area contributed by atoms with Gasteiger partial charge < -0.3 is 29.9 Å². The van der Waals surface area contributed by atoms with Gasteiger partial charge in [-0.1, -0.05) is 20.8 Å². The maximum atomic E-state index is 13.2. The Morgan fingerprint density at radius 3 is 2.58 bits per heavy atom. The third kappa shape index (κ3) is 5.29. The van der Waals surface area contributed by atoms with Crippen LogP contribution in [0.3, 0.4) is 0 Å². The SMILES string of the molecule is CCC(=O)C(=O)N(CCC(C)C)C1C=C(C(=O)NCCO)C2c3cc(C=O)cc(OC)c3OC2C1O. The zero-order valence-corrected chi connectivity index (χ0v) is 21.0. The number of hydrogen-bond donors (Lipinski definition) is 3. The quantitative estimate of drug-likeness (QED) is 0.300. The van der Waals surface area contributed by atoms with Crippen molar-refractivity contribution in [3.63, 3.8) is 0 Å². The number of Topliss-reactive ketones (excluding diaryl/α,β-unsaturated/α-hetero) is 1. The molecule has 1 aliphatic carbocycles. The van der Waals surface area contributed by atoms with Crippen molar-refractivity contribution in [2.24, 2.45) is 5.92 Å². The lowest BCUT2D eigenvalue weighted by Gasteiger charge is -2.40. The Morgan fingerprint density at radius 1 is 1.28 bits per heavy atom. The lowest BCUT2D eigenvalue weighted by molar-refractivity contribution is -0.148. The molecule has 0 aromatic heterocycles. The molecule has 1 aromatic rings.